The number of aromatic nitrogens is 9. The molecule has 294 valence electrons. The van der Waals surface area contributed by atoms with Crippen molar-refractivity contribution in [2.45, 2.75) is 28.3 Å². The predicted octanol–water partition coefficient (Wildman–Crippen LogP) is 5.52. The van der Waals surface area contributed by atoms with Gasteiger partial charge >= 0.3 is 5.82 Å². The van der Waals surface area contributed by atoms with Gasteiger partial charge in [0.25, 0.3) is 11.5 Å². The summed E-state index contributed by atoms with van der Waals surface area (Å²) >= 11 is 2.39. The van der Waals surface area contributed by atoms with Crippen molar-refractivity contribution in [1.29, 1.82) is 21.0 Å². The third-order valence-corrected chi connectivity index (χ3v) is 12.3. The maximum Gasteiger partial charge on any atom is 0.318 e. The molecule has 1 aliphatic rings. The van der Waals surface area contributed by atoms with Crippen molar-refractivity contribution in [1.82, 2.24) is 46.3 Å². The molecule has 61 heavy (non-hydrogen) atoms. The molecule has 4 heterocycles. The molecule has 0 fully saturated rings. The second-order valence-corrected chi connectivity index (χ2v) is 16.1. The summed E-state index contributed by atoms with van der Waals surface area (Å²) in [5.41, 5.74) is 4.52. The van der Waals surface area contributed by atoms with E-state index in [9.17, 15) is 30.6 Å². The van der Waals surface area contributed by atoms with Crippen LogP contribution in [0.4, 0.5) is 0 Å². The highest BCUT2D eigenvalue weighted by atomic mass is 32.2. The number of nitrogens with one attached hydrogen (secondary N) is 4. The van der Waals surface area contributed by atoms with E-state index in [-0.39, 0.29) is 38.8 Å². The van der Waals surface area contributed by atoms with Gasteiger partial charge in [0.1, 0.15) is 40.1 Å². The molecule has 0 saturated heterocycles. The zero-order chi connectivity index (χ0) is 42.5. The van der Waals surface area contributed by atoms with Crippen molar-refractivity contribution < 1.29 is 9.59 Å². The Balaban J connectivity index is 1.10. The summed E-state index contributed by atoms with van der Waals surface area (Å²) in [7, 11) is 0. The van der Waals surface area contributed by atoms with Gasteiger partial charge in [-0.1, -0.05) is 102 Å². The summed E-state index contributed by atoms with van der Waals surface area (Å²) in [4.78, 5) is 29.7. The van der Waals surface area contributed by atoms with Gasteiger partial charge < -0.3 is 10.3 Å². The minimum Gasteiger partial charge on any atom is -0.335 e. The van der Waals surface area contributed by atoms with E-state index in [1.165, 1.54) is 16.6 Å². The highest BCUT2D eigenvalue weighted by Gasteiger charge is 2.46. The van der Waals surface area contributed by atoms with E-state index in [2.05, 4.69) is 58.5 Å². The van der Waals surface area contributed by atoms with E-state index in [4.69, 9.17) is 0 Å². The number of thioether (sulfide) groups is 2. The number of amides is 1. The molecule has 0 radical (unpaired) electrons. The Morgan fingerprint density at radius 1 is 0.754 bits per heavy atom. The van der Waals surface area contributed by atoms with Crippen molar-refractivity contribution in [2.75, 3.05) is 0 Å². The fraction of sp³-hybridized carbons (Fsp3) is 0.116. The standard InChI is InChI=1S/C43H28N14O2S2/c1-43(35(22-47)38(32(19-44)41(59)49-43)28-14-12-26(13-15-28)25-8-4-2-5-9-25)61-24-37-52-56-57(53-37)29-16-17-30(31(18-29)27-10-6-3-7-11-27)39-33(20-45)40(58)48-42(34(39)21-46)60-23-36-50-54-55-51-36/h2-18,35H,23-24H2,1H3,(H3,48,49,50,51,54,55,58,59)/p+1. The molecule has 7 aromatic rings. The summed E-state index contributed by atoms with van der Waals surface area (Å²) < 4.78 is 0. The summed E-state index contributed by atoms with van der Waals surface area (Å²) in [6, 6.07) is 40.4. The normalized spacial score (nSPS) is 15.9. The Morgan fingerprint density at radius 2 is 1.44 bits per heavy atom. The van der Waals surface area contributed by atoms with Crippen LogP contribution in [-0.4, -0.2) is 51.8 Å². The zero-order valence-electron chi connectivity index (χ0n) is 31.9. The Kier molecular flexibility index (Phi) is 11.0. The fourth-order valence-electron chi connectivity index (χ4n) is 7.05. The lowest BCUT2D eigenvalue weighted by molar-refractivity contribution is -0.717. The van der Waals surface area contributed by atoms with Crippen LogP contribution in [0, 0.1) is 51.2 Å². The maximum absolute atomic E-state index is 13.4. The number of hydrogen-bond acceptors (Lipinski definition) is 13. The molecular formula is C43H29N14O2S2+. The number of nitriles is 4. The largest absolute Gasteiger partial charge is 0.335 e. The first kappa shape index (κ1) is 39.7. The molecule has 3 aromatic heterocycles. The molecule has 8 rings (SSSR count). The van der Waals surface area contributed by atoms with Crippen LogP contribution in [0.25, 0.3) is 44.6 Å². The molecular weight excluding hydrogens is 809 g/mol. The van der Waals surface area contributed by atoms with Crippen molar-refractivity contribution in [2.24, 2.45) is 5.92 Å². The molecule has 4 N–H and O–H groups in total. The van der Waals surface area contributed by atoms with E-state index in [0.29, 0.717) is 39.6 Å². The lowest BCUT2D eigenvalue weighted by atomic mass is 9.81. The number of carbonyl (C=O) groups is 1. The number of tetrazole rings is 2. The van der Waals surface area contributed by atoms with Crippen molar-refractivity contribution in [3.63, 3.8) is 0 Å². The average molecular weight is 838 g/mol. The fourth-order valence-corrected chi connectivity index (χ4v) is 8.96. The first-order chi connectivity index (χ1) is 29.7. The maximum atomic E-state index is 13.4. The Bertz CT molecular complexity index is 3070. The third-order valence-electron chi connectivity index (χ3n) is 9.97. The van der Waals surface area contributed by atoms with Gasteiger partial charge in [-0.3, -0.25) is 9.59 Å². The number of hydrogen-bond donors (Lipinski definition) is 4. The Hall–Kier alpha value is -8.16. The number of carbonyl (C=O) groups excluding carboxylic acids is 1. The van der Waals surface area contributed by atoms with Crippen LogP contribution in [0.3, 0.4) is 0 Å². The molecule has 1 aliphatic heterocycles. The molecule has 2 unspecified atom stereocenters. The molecule has 18 heteroatoms. The number of aromatic amines is 3. The summed E-state index contributed by atoms with van der Waals surface area (Å²) in [6.07, 6.45) is 0. The van der Waals surface area contributed by atoms with E-state index in [1.54, 1.807) is 25.1 Å². The third kappa shape index (κ3) is 7.76. The SMILES string of the molecule is CC1(SCc2n[nH][n+](-c3ccc(-c4c(C#N)c(SCc5nn[nH]n5)[nH]c(=O)c4C#N)c(-c4ccccc4)c3)n2)NC(=O)C(C#N)=C(c2ccc(-c3ccccc3)cc2)C1C#N. The second-order valence-electron chi connectivity index (χ2n) is 13.6. The number of nitrogens with zero attached hydrogens (tertiary/aromatic N) is 10. The summed E-state index contributed by atoms with van der Waals surface area (Å²) in [6.45, 7) is 1.75. The lowest BCUT2D eigenvalue weighted by Gasteiger charge is -2.39. The highest BCUT2D eigenvalue weighted by Crippen LogP contribution is 2.45. The van der Waals surface area contributed by atoms with Crippen LogP contribution in [0.1, 0.15) is 35.3 Å². The smallest absolute Gasteiger partial charge is 0.318 e. The first-order valence-electron chi connectivity index (χ1n) is 18.4. The molecule has 0 saturated carbocycles. The van der Waals surface area contributed by atoms with Crippen LogP contribution in [0.2, 0.25) is 0 Å². The van der Waals surface area contributed by atoms with Crippen LogP contribution >= 0.6 is 23.5 Å². The minimum atomic E-state index is -1.17. The Labute approximate surface area is 355 Å². The van der Waals surface area contributed by atoms with E-state index < -0.39 is 22.3 Å². The molecule has 1 amide bonds. The quantitative estimate of drug-likeness (QED) is 0.0926. The molecule has 4 aromatic carbocycles. The molecule has 0 aliphatic carbocycles. The van der Waals surface area contributed by atoms with Gasteiger partial charge in [-0.2, -0.15) is 26.3 Å². The summed E-state index contributed by atoms with van der Waals surface area (Å²) in [5, 5.41) is 70.3. The predicted molar refractivity (Wildman–Crippen MR) is 224 cm³/mol. The number of benzene rings is 4. The number of pyridine rings is 1. The van der Waals surface area contributed by atoms with Crippen LogP contribution < -0.4 is 15.7 Å². The van der Waals surface area contributed by atoms with Crippen LogP contribution in [0.5, 0.6) is 0 Å². The van der Waals surface area contributed by atoms with Gasteiger partial charge in [-0.05, 0) is 73.6 Å². The van der Waals surface area contributed by atoms with Gasteiger partial charge in [0, 0.05) is 11.1 Å². The van der Waals surface area contributed by atoms with Gasteiger partial charge in [0.2, 0.25) is 0 Å². The van der Waals surface area contributed by atoms with Gasteiger partial charge in [-0.25, -0.2) is 0 Å². The van der Waals surface area contributed by atoms with Gasteiger partial charge in [0.05, 0.1) is 33.3 Å². The first-order valence-corrected chi connectivity index (χ1v) is 20.4. The summed E-state index contributed by atoms with van der Waals surface area (Å²) in [5.74, 6) is -0.412. The number of rotatable bonds is 11. The van der Waals surface area contributed by atoms with E-state index >= 15 is 0 Å². The lowest BCUT2D eigenvalue weighted by Crippen LogP contribution is -2.53. The topological polar surface area (TPSA) is 257 Å². The van der Waals surface area contributed by atoms with Crippen molar-refractivity contribution in [3.8, 4) is 63.3 Å². The Morgan fingerprint density at radius 3 is 2.10 bits per heavy atom. The average Bonchev–Trinajstić information content (AvgIpc) is 4.01. The van der Waals surface area contributed by atoms with E-state index in [0.717, 1.165) is 28.5 Å². The second kappa shape index (κ2) is 17.0. The molecule has 0 bridgehead atoms. The minimum absolute atomic E-state index is 0.101. The molecule has 16 nitrogen and oxygen atoms in total. The van der Waals surface area contributed by atoms with Crippen LogP contribution in [0.15, 0.2) is 119 Å². The molecule has 0 spiro atoms. The zero-order valence-corrected chi connectivity index (χ0v) is 33.5. The van der Waals surface area contributed by atoms with Crippen molar-refractivity contribution >= 4 is 35.0 Å². The van der Waals surface area contributed by atoms with Crippen molar-refractivity contribution in [3.05, 3.63) is 147 Å². The van der Waals surface area contributed by atoms with Gasteiger partial charge in [-0.15, -0.1) is 22.0 Å². The highest BCUT2D eigenvalue weighted by molar-refractivity contribution is 7.99. The monoisotopic (exact) mass is 837 g/mol. The number of H-pyrrole nitrogens is 3. The van der Waals surface area contributed by atoms with Crippen LogP contribution in [-0.2, 0) is 16.3 Å². The molecule has 2 atom stereocenters. The van der Waals surface area contributed by atoms with E-state index in [1.807, 2.05) is 97.1 Å². The van der Waals surface area contributed by atoms with Gasteiger partial charge in [0.15, 0.2) is 11.5 Å².